The van der Waals surface area contributed by atoms with Gasteiger partial charge in [-0.3, -0.25) is 4.79 Å². The van der Waals surface area contributed by atoms with Crippen LogP contribution in [0, 0.1) is 5.92 Å². The smallest absolute Gasteiger partial charge is 0.223 e. The number of benzene rings is 1. The summed E-state index contributed by atoms with van der Waals surface area (Å²) in [5.41, 5.74) is 1.28. The lowest BCUT2D eigenvalue weighted by Gasteiger charge is -2.27. The van der Waals surface area contributed by atoms with Crippen molar-refractivity contribution in [1.82, 2.24) is 10.6 Å². The molecule has 0 aliphatic carbocycles. The Labute approximate surface area is 133 Å². The Morgan fingerprint density at radius 1 is 1.41 bits per heavy atom. The second kappa shape index (κ2) is 8.18. The first kappa shape index (κ1) is 16.8. The van der Waals surface area contributed by atoms with Crippen LogP contribution in [-0.4, -0.2) is 32.1 Å². The SMILES string of the molecule is COc1ccc(C(C)CCNC(=O)[C@H]2CCN[C@@H](C)C2)cc1. The van der Waals surface area contributed by atoms with Crippen molar-refractivity contribution in [3.05, 3.63) is 29.8 Å². The molecule has 4 nitrogen and oxygen atoms in total. The van der Waals surface area contributed by atoms with Gasteiger partial charge in [0.15, 0.2) is 0 Å². The van der Waals surface area contributed by atoms with Crippen LogP contribution in [0.1, 0.15) is 44.6 Å². The van der Waals surface area contributed by atoms with Crippen molar-refractivity contribution in [2.75, 3.05) is 20.2 Å². The molecule has 1 amide bonds. The van der Waals surface area contributed by atoms with Gasteiger partial charge >= 0.3 is 0 Å². The number of amides is 1. The van der Waals surface area contributed by atoms with Crippen LogP contribution < -0.4 is 15.4 Å². The van der Waals surface area contributed by atoms with E-state index in [1.165, 1.54) is 5.56 Å². The van der Waals surface area contributed by atoms with Crippen molar-refractivity contribution >= 4 is 5.91 Å². The van der Waals surface area contributed by atoms with Gasteiger partial charge in [-0.25, -0.2) is 0 Å². The summed E-state index contributed by atoms with van der Waals surface area (Å²) in [5.74, 6) is 1.70. The monoisotopic (exact) mass is 304 g/mol. The third kappa shape index (κ3) is 4.73. The number of rotatable bonds is 6. The summed E-state index contributed by atoms with van der Waals surface area (Å²) in [6, 6.07) is 8.61. The summed E-state index contributed by atoms with van der Waals surface area (Å²) >= 11 is 0. The van der Waals surface area contributed by atoms with Crippen molar-refractivity contribution in [1.29, 1.82) is 0 Å². The first-order chi connectivity index (χ1) is 10.6. The van der Waals surface area contributed by atoms with Crippen LogP contribution in [0.5, 0.6) is 5.75 Å². The molecule has 4 heteroatoms. The van der Waals surface area contributed by atoms with E-state index in [2.05, 4.69) is 36.6 Å². The van der Waals surface area contributed by atoms with E-state index in [4.69, 9.17) is 4.74 Å². The molecular formula is C18H28N2O2. The summed E-state index contributed by atoms with van der Waals surface area (Å²) in [6.45, 7) is 6.03. The van der Waals surface area contributed by atoms with Gasteiger partial charge in [0.25, 0.3) is 0 Å². The molecule has 1 fully saturated rings. The molecule has 3 atom stereocenters. The maximum atomic E-state index is 12.2. The highest BCUT2D eigenvalue weighted by atomic mass is 16.5. The quantitative estimate of drug-likeness (QED) is 0.849. The number of ether oxygens (including phenoxy) is 1. The molecule has 2 rings (SSSR count). The lowest BCUT2D eigenvalue weighted by molar-refractivity contribution is -0.126. The van der Waals surface area contributed by atoms with E-state index in [0.717, 1.165) is 38.1 Å². The summed E-state index contributed by atoms with van der Waals surface area (Å²) in [5, 5.41) is 6.49. The fourth-order valence-corrected chi connectivity index (χ4v) is 3.03. The second-order valence-electron chi connectivity index (χ2n) is 6.33. The van der Waals surface area contributed by atoms with Crippen LogP contribution in [0.3, 0.4) is 0 Å². The average molecular weight is 304 g/mol. The van der Waals surface area contributed by atoms with Gasteiger partial charge in [0.2, 0.25) is 5.91 Å². The van der Waals surface area contributed by atoms with E-state index < -0.39 is 0 Å². The van der Waals surface area contributed by atoms with Crippen LogP contribution in [0.4, 0.5) is 0 Å². The maximum absolute atomic E-state index is 12.2. The summed E-state index contributed by atoms with van der Waals surface area (Å²) < 4.78 is 5.18. The predicted octanol–water partition coefficient (Wildman–Crippen LogP) is 2.69. The van der Waals surface area contributed by atoms with Gasteiger partial charge in [0.1, 0.15) is 5.75 Å². The molecule has 2 N–H and O–H groups in total. The molecule has 1 saturated heterocycles. The first-order valence-corrected chi connectivity index (χ1v) is 8.25. The van der Waals surface area contributed by atoms with Crippen molar-refractivity contribution in [2.24, 2.45) is 5.92 Å². The van der Waals surface area contributed by atoms with Gasteiger partial charge in [-0.15, -0.1) is 0 Å². The van der Waals surface area contributed by atoms with E-state index >= 15 is 0 Å². The van der Waals surface area contributed by atoms with Crippen molar-refractivity contribution in [3.63, 3.8) is 0 Å². The summed E-state index contributed by atoms with van der Waals surface area (Å²) in [6.07, 6.45) is 2.85. The van der Waals surface area contributed by atoms with Crippen LogP contribution in [-0.2, 0) is 4.79 Å². The Balaban J connectivity index is 1.73. The van der Waals surface area contributed by atoms with E-state index in [1.807, 2.05) is 12.1 Å². The third-order valence-corrected chi connectivity index (χ3v) is 4.56. The molecule has 0 radical (unpaired) electrons. The molecule has 1 unspecified atom stereocenters. The van der Waals surface area contributed by atoms with Crippen LogP contribution >= 0.6 is 0 Å². The topological polar surface area (TPSA) is 50.4 Å². The van der Waals surface area contributed by atoms with Crippen molar-refractivity contribution < 1.29 is 9.53 Å². The number of hydrogen-bond acceptors (Lipinski definition) is 3. The molecule has 1 aliphatic heterocycles. The van der Waals surface area contributed by atoms with E-state index in [-0.39, 0.29) is 11.8 Å². The molecule has 0 bridgehead atoms. The van der Waals surface area contributed by atoms with E-state index in [0.29, 0.717) is 12.0 Å². The lowest BCUT2D eigenvalue weighted by Crippen LogP contribution is -2.42. The average Bonchev–Trinajstić information content (AvgIpc) is 2.54. The Morgan fingerprint density at radius 2 is 2.14 bits per heavy atom. The maximum Gasteiger partial charge on any atom is 0.223 e. The van der Waals surface area contributed by atoms with Gasteiger partial charge < -0.3 is 15.4 Å². The minimum atomic E-state index is 0.174. The van der Waals surface area contributed by atoms with Gasteiger partial charge in [-0.05, 0) is 56.3 Å². The predicted molar refractivity (Wildman–Crippen MR) is 89.2 cm³/mol. The molecular weight excluding hydrogens is 276 g/mol. The molecule has 1 aliphatic rings. The summed E-state index contributed by atoms with van der Waals surface area (Å²) in [7, 11) is 1.68. The molecule has 122 valence electrons. The van der Waals surface area contributed by atoms with Gasteiger partial charge in [-0.1, -0.05) is 19.1 Å². The fourth-order valence-electron chi connectivity index (χ4n) is 3.03. The Morgan fingerprint density at radius 3 is 2.77 bits per heavy atom. The van der Waals surface area contributed by atoms with E-state index in [9.17, 15) is 4.79 Å². The Bertz CT molecular complexity index is 472. The molecule has 22 heavy (non-hydrogen) atoms. The molecule has 1 aromatic carbocycles. The van der Waals surface area contributed by atoms with Crippen molar-refractivity contribution in [2.45, 2.75) is 45.1 Å². The summed E-state index contributed by atoms with van der Waals surface area (Å²) in [4.78, 5) is 12.2. The molecule has 1 heterocycles. The molecule has 1 aromatic rings. The zero-order valence-electron chi connectivity index (χ0n) is 13.9. The zero-order valence-corrected chi connectivity index (χ0v) is 13.9. The Hall–Kier alpha value is -1.55. The number of carbonyl (C=O) groups excluding carboxylic acids is 1. The number of methoxy groups -OCH3 is 1. The van der Waals surface area contributed by atoms with E-state index in [1.54, 1.807) is 7.11 Å². The number of hydrogen-bond donors (Lipinski definition) is 2. The van der Waals surface area contributed by atoms with Gasteiger partial charge in [0, 0.05) is 18.5 Å². The number of carbonyl (C=O) groups is 1. The van der Waals surface area contributed by atoms with Gasteiger partial charge in [-0.2, -0.15) is 0 Å². The highest BCUT2D eigenvalue weighted by Gasteiger charge is 2.24. The fraction of sp³-hybridized carbons (Fsp3) is 0.611. The number of piperidine rings is 1. The highest BCUT2D eigenvalue weighted by molar-refractivity contribution is 5.78. The van der Waals surface area contributed by atoms with Crippen LogP contribution in [0.15, 0.2) is 24.3 Å². The minimum Gasteiger partial charge on any atom is -0.497 e. The second-order valence-corrected chi connectivity index (χ2v) is 6.33. The van der Waals surface area contributed by atoms with Crippen LogP contribution in [0.25, 0.3) is 0 Å². The van der Waals surface area contributed by atoms with Crippen LogP contribution in [0.2, 0.25) is 0 Å². The zero-order chi connectivity index (χ0) is 15.9. The minimum absolute atomic E-state index is 0.174. The largest absolute Gasteiger partial charge is 0.497 e. The molecule has 0 aromatic heterocycles. The lowest BCUT2D eigenvalue weighted by atomic mass is 9.92. The molecule has 0 spiro atoms. The normalized spacial score (nSPS) is 22.9. The number of nitrogens with one attached hydrogen (secondary N) is 2. The first-order valence-electron chi connectivity index (χ1n) is 8.25. The standard InChI is InChI=1S/C18H28N2O2/c1-13(15-4-6-17(22-3)7-5-15)8-10-20-18(21)16-9-11-19-14(2)12-16/h4-7,13-14,16,19H,8-12H2,1-3H3,(H,20,21)/t13?,14-,16-/m0/s1. The molecule has 0 saturated carbocycles. The van der Waals surface area contributed by atoms with Gasteiger partial charge in [0.05, 0.1) is 7.11 Å². The Kier molecular flexibility index (Phi) is 6.25. The highest BCUT2D eigenvalue weighted by Crippen LogP contribution is 2.21. The van der Waals surface area contributed by atoms with Crippen molar-refractivity contribution in [3.8, 4) is 5.75 Å². The third-order valence-electron chi connectivity index (χ3n) is 4.56.